The molecule has 12 rings (SSSR count). The minimum atomic E-state index is -0.472. The first-order valence-corrected chi connectivity index (χ1v) is 21.0. The summed E-state index contributed by atoms with van der Waals surface area (Å²) in [7, 11) is 0. The van der Waals surface area contributed by atoms with Crippen LogP contribution < -0.4 is 4.90 Å². The molecule has 0 N–H and O–H groups in total. The van der Waals surface area contributed by atoms with Gasteiger partial charge in [-0.2, -0.15) is 0 Å². The van der Waals surface area contributed by atoms with Crippen LogP contribution in [0.5, 0.6) is 0 Å². The summed E-state index contributed by atoms with van der Waals surface area (Å²) in [6.07, 6.45) is 6.62. The van der Waals surface area contributed by atoms with Crippen molar-refractivity contribution >= 4 is 27.8 Å². The third-order valence-electron chi connectivity index (χ3n) is 14.2. The molecule has 1 saturated carbocycles. The van der Waals surface area contributed by atoms with Crippen LogP contribution in [0.1, 0.15) is 90.8 Å². The molecule has 0 amide bonds. The predicted octanol–water partition coefficient (Wildman–Crippen LogP) is 15.0. The van der Waals surface area contributed by atoms with Crippen LogP contribution in [0.3, 0.4) is 0 Å². The van der Waals surface area contributed by atoms with Gasteiger partial charge in [0.15, 0.2) is 0 Å². The van der Waals surface area contributed by atoms with Gasteiger partial charge in [0.25, 0.3) is 0 Å². The third kappa shape index (κ3) is 4.52. The maximum Gasteiger partial charge on any atom is 0.0726 e. The van der Waals surface area contributed by atoms with Gasteiger partial charge in [-0.1, -0.05) is 167 Å². The normalized spacial score (nSPS) is 18.1. The summed E-state index contributed by atoms with van der Waals surface area (Å²) in [4.78, 5) is 2.49. The first-order chi connectivity index (χ1) is 28.0. The minimum absolute atomic E-state index is 0.0949. The largest absolute Gasteiger partial charge is 0.310 e. The quantitative estimate of drug-likeness (QED) is 0.174. The highest BCUT2D eigenvalue weighted by Gasteiger charge is 2.50. The summed E-state index contributed by atoms with van der Waals surface area (Å²) >= 11 is 0. The van der Waals surface area contributed by atoms with Crippen molar-refractivity contribution in [3.8, 4) is 33.4 Å². The molecule has 4 aliphatic rings. The first kappa shape index (κ1) is 33.0. The second kappa shape index (κ2) is 12.2. The zero-order chi connectivity index (χ0) is 37.9. The van der Waals surface area contributed by atoms with E-state index in [9.17, 15) is 0 Å². The van der Waals surface area contributed by atoms with Crippen LogP contribution in [-0.2, 0) is 10.8 Å². The van der Waals surface area contributed by atoms with E-state index in [1.54, 1.807) is 0 Å². The number of para-hydroxylation sites is 1. The number of benzene rings is 8. The van der Waals surface area contributed by atoms with Crippen molar-refractivity contribution in [3.63, 3.8) is 0 Å². The molecule has 57 heavy (non-hydrogen) atoms. The molecular formula is C56H45N. The van der Waals surface area contributed by atoms with Crippen LogP contribution >= 0.6 is 0 Å². The lowest BCUT2D eigenvalue weighted by atomic mass is 9.61. The lowest BCUT2D eigenvalue weighted by Crippen LogP contribution is -2.32. The van der Waals surface area contributed by atoms with E-state index in [1.165, 1.54) is 127 Å². The second-order valence-electron chi connectivity index (χ2n) is 17.4. The fourth-order valence-electron chi connectivity index (χ4n) is 11.7. The average molecular weight is 732 g/mol. The Morgan fingerprint density at radius 3 is 1.75 bits per heavy atom. The number of rotatable bonds is 4. The molecule has 8 aromatic carbocycles. The molecule has 1 nitrogen and oxygen atoms in total. The predicted molar refractivity (Wildman–Crippen MR) is 238 cm³/mol. The zero-order valence-corrected chi connectivity index (χ0v) is 32.7. The molecule has 0 aliphatic heterocycles. The highest BCUT2D eigenvalue weighted by molar-refractivity contribution is 6.07. The van der Waals surface area contributed by atoms with E-state index in [1.807, 2.05) is 0 Å². The van der Waals surface area contributed by atoms with Crippen molar-refractivity contribution in [1.82, 2.24) is 0 Å². The molecule has 8 aromatic rings. The van der Waals surface area contributed by atoms with Crippen molar-refractivity contribution in [1.29, 1.82) is 0 Å². The van der Waals surface area contributed by atoms with Gasteiger partial charge in [-0.25, -0.2) is 0 Å². The molecule has 0 bridgehead atoms. The van der Waals surface area contributed by atoms with Gasteiger partial charge in [-0.3, -0.25) is 0 Å². The van der Waals surface area contributed by atoms with Crippen LogP contribution in [0.15, 0.2) is 170 Å². The molecule has 1 atom stereocenters. The van der Waals surface area contributed by atoms with Gasteiger partial charge < -0.3 is 4.90 Å². The summed E-state index contributed by atoms with van der Waals surface area (Å²) in [6, 6.07) is 65.2. The Balaban J connectivity index is 1.12. The van der Waals surface area contributed by atoms with Gasteiger partial charge in [0.05, 0.1) is 5.41 Å². The highest BCUT2D eigenvalue weighted by Crippen LogP contribution is 2.63. The van der Waals surface area contributed by atoms with Crippen LogP contribution in [-0.4, -0.2) is 0 Å². The summed E-state index contributed by atoms with van der Waals surface area (Å²) in [5, 5.41) is 2.70. The smallest absolute Gasteiger partial charge is 0.0726 e. The van der Waals surface area contributed by atoms with Crippen LogP contribution in [0.25, 0.3) is 44.2 Å². The molecular weight excluding hydrogens is 687 g/mol. The number of anilines is 3. The second-order valence-corrected chi connectivity index (χ2v) is 17.4. The fraction of sp³-hybridized carbons (Fsp3) is 0.179. The highest BCUT2D eigenvalue weighted by atomic mass is 15.1. The molecule has 0 radical (unpaired) electrons. The molecule has 274 valence electrons. The van der Waals surface area contributed by atoms with Crippen LogP contribution in [0.4, 0.5) is 17.1 Å². The van der Waals surface area contributed by atoms with E-state index in [2.05, 4.69) is 189 Å². The van der Waals surface area contributed by atoms with Gasteiger partial charge in [0.2, 0.25) is 0 Å². The molecule has 1 fully saturated rings. The zero-order valence-electron chi connectivity index (χ0n) is 32.7. The Kier molecular flexibility index (Phi) is 7.04. The SMILES string of the molecule is CC1(C)c2ccccc2-c2ccc(N(c3ccccc3)c3ccc4c(c3)C3(c5ccccc5-4)c4ccc(C5CCCCC5)cc4-c4cccc5cccc3c45)cc21. The van der Waals surface area contributed by atoms with Crippen LogP contribution in [0, 0.1) is 0 Å². The molecule has 1 heteroatoms. The average Bonchev–Trinajstić information content (AvgIpc) is 3.68. The van der Waals surface area contributed by atoms with E-state index in [4.69, 9.17) is 0 Å². The summed E-state index contributed by atoms with van der Waals surface area (Å²) < 4.78 is 0. The van der Waals surface area contributed by atoms with Gasteiger partial charge in [-0.05, 0) is 138 Å². The van der Waals surface area contributed by atoms with Crippen molar-refractivity contribution in [2.45, 2.75) is 62.7 Å². The molecule has 0 saturated heterocycles. The maximum atomic E-state index is 2.60. The molecule has 1 spiro atoms. The van der Waals surface area contributed by atoms with E-state index < -0.39 is 5.41 Å². The topological polar surface area (TPSA) is 3.24 Å². The van der Waals surface area contributed by atoms with Gasteiger partial charge in [0.1, 0.15) is 0 Å². The van der Waals surface area contributed by atoms with Crippen molar-refractivity contribution in [2.24, 2.45) is 0 Å². The third-order valence-corrected chi connectivity index (χ3v) is 14.2. The van der Waals surface area contributed by atoms with Gasteiger partial charge in [0, 0.05) is 22.5 Å². The van der Waals surface area contributed by atoms with Crippen molar-refractivity contribution < 1.29 is 0 Å². The Labute approximate surface area is 336 Å². The van der Waals surface area contributed by atoms with E-state index in [-0.39, 0.29) is 5.41 Å². The fourth-order valence-corrected chi connectivity index (χ4v) is 11.7. The van der Waals surface area contributed by atoms with Gasteiger partial charge in [-0.15, -0.1) is 0 Å². The Bertz CT molecular complexity index is 2920. The van der Waals surface area contributed by atoms with Crippen molar-refractivity contribution in [3.05, 3.63) is 209 Å². The van der Waals surface area contributed by atoms with Crippen molar-refractivity contribution in [2.75, 3.05) is 4.90 Å². The molecule has 4 aliphatic carbocycles. The summed E-state index contributed by atoms with van der Waals surface area (Å²) in [5.74, 6) is 0.635. The Morgan fingerprint density at radius 2 is 0.982 bits per heavy atom. The molecule has 0 heterocycles. The summed E-state index contributed by atoms with van der Waals surface area (Å²) in [5.41, 5.74) is 20.9. The lowest BCUT2D eigenvalue weighted by molar-refractivity contribution is 0.443. The van der Waals surface area contributed by atoms with E-state index >= 15 is 0 Å². The van der Waals surface area contributed by atoms with Crippen LogP contribution in [0.2, 0.25) is 0 Å². The lowest BCUT2D eigenvalue weighted by Gasteiger charge is -2.41. The Morgan fingerprint density at radius 1 is 0.404 bits per heavy atom. The molecule has 0 aromatic heterocycles. The van der Waals surface area contributed by atoms with Gasteiger partial charge >= 0.3 is 0 Å². The maximum absolute atomic E-state index is 2.60. The Hall–Kier alpha value is -6.18. The molecule has 1 unspecified atom stereocenters. The minimum Gasteiger partial charge on any atom is -0.310 e. The number of fused-ring (bicyclic) bond motifs is 12. The van der Waals surface area contributed by atoms with E-state index in [0.717, 1.165) is 5.69 Å². The number of hydrogen-bond donors (Lipinski definition) is 0. The monoisotopic (exact) mass is 731 g/mol. The number of hydrogen-bond acceptors (Lipinski definition) is 1. The van der Waals surface area contributed by atoms with E-state index in [0.29, 0.717) is 5.92 Å². The summed E-state index contributed by atoms with van der Waals surface area (Å²) in [6.45, 7) is 4.76. The standard InChI is InChI=1S/C56H45N/c1-55(2)48-24-11-9-21-42(48)44-30-28-40(34-52(44)55)57(39-19-7-4-8-20-39)41-29-31-45-43-22-10-12-25-49(43)56(53(45)35-41)50-32-27-38(36-15-5-3-6-16-36)33-47(50)46-23-13-17-37-18-14-26-51(56)54(37)46/h4,7-14,17-36H,3,5-6,15-16H2,1-2H3. The first-order valence-electron chi connectivity index (χ1n) is 21.0. The number of nitrogens with zero attached hydrogens (tertiary/aromatic N) is 1.